The minimum absolute atomic E-state index is 0.129. The lowest BCUT2D eigenvalue weighted by atomic mass is 9.92. The second kappa shape index (κ2) is 7.75. The van der Waals surface area contributed by atoms with Crippen molar-refractivity contribution in [1.82, 2.24) is 14.8 Å². The standard InChI is InChI=1S/C18H23FN4O2S/c1-18(2,3)15(24)12-26-17-21-20-16(22-7-9-25-10-8-22)23(17)14-6-4-5-13(19)11-14/h4-6,11H,7-10,12H2,1-3H3. The molecule has 1 aliphatic rings. The number of carbonyl (C=O) groups excluding carboxylic acids is 1. The van der Waals surface area contributed by atoms with E-state index in [2.05, 4.69) is 15.1 Å². The molecule has 2 heterocycles. The lowest BCUT2D eigenvalue weighted by molar-refractivity contribution is -0.123. The van der Waals surface area contributed by atoms with Crippen molar-refractivity contribution in [2.45, 2.75) is 25.9 Å². The number of halogens is 1. The van der Waals surface area contributed by atoms with Crippen molar-refractivity contribution in [3.63, 3.8) is 0 Å². The second-order valence-corrected chi connectivity index (χ2v) is 8.10. The van der Waals surface area contributed by atoms with E-state index in [1.165, 1.54) is 23.9 Å². The molecule has 0 saturated carbocycles. The van der Waals surface area contributed by atoms with Gasteiger partial charge in [0, 0.05) is 18.5 Å². The lowest BCUT2D eigenvalue weighted by Crippen LogP contribution is -2.37. The molecule has 0 N–H and O–H groups in total. The van der Waals surface area contributed by atoms with Crippen molar-refractivity contribution in [3.8, 4) is 5.69 Å². The smallest absolute Gasteiger partial charge is 0.232 e. The van der Waals surface area contributed by atoms with Gasteiger partial charge in [0.25, 0.3) is 0 Å². The normalized spacial score (nSPS) is 15.3. The Balaban J connectivity index is 1.93. The van der Waals surface area contributed by atoms with Crippen LogP contribution in [0.25, 0.3) is 5.69 Å². The summed E-state index contributed by atoms with van der Waals surface area (Å²) in [7, 11) is 0. The molecule has 0 unspecified atom stereocenters. The van der Waals surface area contributed by atoms with Crippen LogP contribution in [0.15, 0.2) is 29.4 Å². The van der Waals surface area contributed by atoms with Gasteiger partial charge < -0.3 is 9.64 Å². The second-order valence-electron chi connectivity index (χ2n) is 7.16. The number of ketones is 1. The fourth-order valence-corrected chi connectivity index (χ4v) is 3.62. The van der Waals surface area contributed by atoms with Crippen LogP contribution >= 0.6 is 11.8 Å². The maximum atomic E-state index is 13.8. The van der Waals surface area contributed by atoms with Gasteiger partial charge in [0.1, 0.15) is 11.6 Å². The number of hydrogen-bond acceptors (Lipinski definition) is 6. The number of benzene rings is 1. The molecule has 0 radical (unpaired) electrons. The molecule has 1 aliphatic heterocycles. The Morgan fingerprint density at radius 1 is 1.27 bits per heavy atom. The summed E-state index contributed by atoms with van der Waals surface area (Å²) >= 11 is 1.33. The molecule has 26 heavy (non-hydrogen) atoms. The van der Waals surface area contributed by atoms with Crippen molar-refractivity contribution in [2.24, 2.45) is 5.41 Å². The lowest BCUT2D eigenvalue weighted by Gasteiger charge is -2.28. The molecule has 140 valence electrons. The van der Waals surface area contributed by atoms with Gasteiger partial charge in [0.15, 0.2) is 5.16 Å². The highest BCUT2D eigenvalue weighted by atomic mass is 32.2. The Morgan fingerprint density at radius 3 is 2.65 bits per heavy atom. The molecule has 0 bridgehead atoms. The van der Waals surface area contributed by atoms with Crippen molar-refractivity contribution in [1.29, 1.82) is 0 Å². The van der Waals surface area contributed by atoms with Crippen LogP contribution in [-0.4, -0.2) is 52.6 Å². The zero-order valence-corrected chi connectivity index (χ0v) is 16.1. The summed E-state index contributed by atoms with van der Waals surface area (Å²) in [6, 6.07) is 6.32. The fraction of sp³-hybridized carbons (Fsp3) is 0.500. The van der Waals surface area contributed by atoms with Crippen LogP contribution in [0.5, 0.6) is 0 Å². The van der Waals surface area contributed by atoms with Crippen LogP contribution < -0.4 is 4.90 Å². The molecule has 1 aromatic heterocycles. The minimum Gasteiger partial charge on any atom is -0.378 e. The Kier molecular flexibility index (Phi) is 5.62. The molecule has 8 heteroatoms. The third kappa shape index (κ3) is 4.24. The third-order valence-corrected chi connectivity index (χ3v) is 5.07. The van der Waals surface area contributed by atoms with E-state index in [1.54, 1.807) is 6.07 Å². The van der Waals surface area contributed by atoms with Gasteiger partial charge in [-0.15, -0.1) is 10.2 Å². The number of hydrogen-bond donors (Lipinski definition) is 0. The predicted octanol–water partition coefficient (Wildman–Crippen LogP) is 2.95. The first-order chi connectivity index (χ1) is 12.4. The van der Waals surface area contributed by atoms with Gasteiger partial charge in [0.2, 0.25) is 5.95 Å². The van der Waals surface area contributed by atoms with Crippen molar-refractivity contribution in [2.75, 3.05) is 37.0 Å². The van der Waals surface area contributed by atoms with Gasteiger partial charge in [-0.05, 0) is 18.2 Å². The zero-order chi connectivity index (χ0) is 18.7. The monoisotopic (exact) mass is 378 g/mol. The van der Waals surface area contributed by atoms with E-state index in [4.69, 9.17) is 4.74 Å². The number of carbonyl (C=O) groups is 1. The predicted molar refractivity (Wildman–Crippen MR) is 99.5 cm³/mol. The van der Waals surface area contributed by atoms with Gasteiger partial charge in [-0.25, -0.2) is 4.39 Å². The minimum atomic E-state index is -0.413. The Labute approximate surface area is 156 Å². The van der Waals surface area contributed by atoms with Crippen LogP contribution in [0.4, 0.5) is 10.3 Å². The third-order valence-electron chi connectivity index (χ3n) is 4.15. The van der Waals surface area contributed by atoms with Crippen LogP contribution in [0.2, 0.25) is 0 Å². The van der Waals surface area contributed by atoms with Gasteiger partial charge >= 0.3 is 0 Å². The number of ether oxygens (including phenoxy) is 1. The highest BCUT2D eigenvalue weighted by Gasteiger charge is 2.25. The summed E-state index contributed by atoms with van der Waals surface area (Å²) in [5.74, 6) is 0.736. The summed E-state index contributed by atoms with van der Waals surface area (Å²) in [6.07, 6.45) is 0. The van der Waals surface area contributed by atoms with E-state index in [0.29, 0.717) is 48.8 Å². The van der Waals surface area contributed by atoms with Crippen LogP contribution in [0.1, 0.15) is 20.8 Å². The molecule has 3 rings (SSSR count). The van der Waals surface area contributed by atoms with E-state index in [-0.39, 0.29) is 11.6 Å². The molecule has 0 spiro atoms. The summed E-state index contributed by atoms with van der Waals surface area (Å²) in [5.41, 5.74) is 0.228. The fourth-order valence-electron chi connectivity index (χ4n) is 2.51. The first kappa shape index (κ1) is 18.8. The van der Waals surface area contributed by atoms with E-state index >= 15 is 0 Å². The van der Waals surface area contributed by atoms with Crippen LogP contribution in [-0.2, 0) is 9.53 Å². The summed E-state index contributed by atoms with van der Waals surface area (Å²) in [6.45, 7) is 8.30. The maximum absolute atomic E-state index is 13.8. The van der Waals surface area contributed by atoms with Gasteiger partial charge in [-0.2, -0.15) is 0 Å². The van der Waals surface area contributed by atoms with E-state index in [9.17, 15) is 9.18 Å². The van der Waals surface area contributed by atoms with E-state index < -0.39 is 5.41 Å². The van der Waals surface area contributed by atoms with Crippen molar-refractivity contribution in [3.05, 3.63) is 30.1 Å². The number of rotatable bonds is 5. The van der Waals surface area contributed by atoms with Crippen molar-refractivity contribution < 1.29 is 13.9 Å². The van der Waals surface area contributed by atoms with E-state index in [0.717, 1.165) is 0 Å². The first-order valence-electron chi connectivity index (χ1n) is 8.56. The topological polar surface area (TPSA) is 60.3 Å². The molecular weight excluding hydrogens is 355 g/mol. The summed E-state index contributed by atoms with van der Waals surface area (Å²) in [4.78, 5) is 14.3. The zero-order valence-electron chi connectivity index (χ0n) is 15.2. The van der Waals surface area contributed by atoms with Gasteiger partial charge in [-0.1, -0.05) is 38.6 Å². The molecule has 1 saturated heterocycles. The molecule has 1 aromatic carbocycles. The molecule has 0 atom stereocenters. The Hall–Kier alpha value is -1.93. The number of anilines is 1. The average molecular weight is 378 g/mol. The SMILES string of the molecule is CC(C)(C)C(=O)CSc1nnc(N2CCOCC2)n1-c1cccc(F)c1. The number of Topliss-reactive ketones (excluding diaryl/α,β-unsaturated/α-hetero) is 1. The molecule has 2 aromatic rings. The molecule has 6 nitrogen and oxygen atoms in total. The molecule has 0 aliphatic carbocycles. The van der Waals surface area contributed by atoms with Crippen LogP contribution in [0, 0.1) is 11.2 Å². The molecular formula is C18H23FN4O2S. The summed E-state index contributed by atoms with van der Waals surface area (Å²) < 4.78 is 21.0. The Morgan fingerprint density at radius 2 is 2.00 bits per heavy atom. The quantitative estimate of drug-likeness (QED) is 0.746. The molecule has 1 fully saturated rings. The number of aromatic nitrogens is 3. The summed E-state index contributed by atoms with van der Waals surface area (Å²) in [5, 5.41) is 9.16. The highest BCUT2D eigenvalue weighted by molar-refractivity contribution is 7.99. The van der Waals surface area contributed by atoms with Crippen molar-refractivity contribution >= 4 is 23.5 Å². The maximum Gasteiger partial charge on any atom is 0.232 e. The molecule has 0 amide bonds. The van der Waals surface area contributed by atoms with Gasteiger partial charge in [-0.3, -0.25) is 9.36 Å². The number of nitrogens with zero attached hydrogens (tertiary/aromatic N) is 4. The highest BCUT2D eigenvalue weighted by Crippen LogP contribution is 2.29. The van der Waals surface area contributed by atoms with Gasteiger partial charge in [0.05, 0.1) is 24.7 Å². The Bertz CT molecular complexity index is 782. The number of thioether (sulfide) groups is 1. The first-order valence-corrected chi connectivity index (χ1v) is 9.55. The average Bonchev–Trinajstić information content (AvgIpc) is 3.03. The number of morpholine rings is 1. The van der Waals surface area contributed by atoms with Crippen LogP contribution in [0.3, 0.4) is 0 Å². The van der Waals surface area contributed by atoms with E-state index in [1.807, 2.05) is 31.4 Å². The largest absolute Gasteiger partial charge is 0.378 e.